The van der Waals surface area contributed by atoms with Crippen LogP contribution in [0.25, 0.3) is 10.9 Å². The SMILES string of the molecule is CC(=O)n1cc(O)c2cc([N+](=O)[O-])ccc21. The molecule has 1 aromatic heterocycles. The van der Waals surface area contributed by atoms with E-state index in [0.717, 1.165) is 0 Å². The predicted molar refractivity (Wildman–Crippen MR) is 56.6 cm³/mol. The number of nitro benzene ring substituents is 1. The molecule has 0 spiro atoms. The number of benzene rings is 1. The molecule has 0 unspecified atom stereocenters. The van der Waals surface area contributed by atoms with E-state index >= 15 is 0 Å². The molecule has 6 nitrogen and oxygen atoms in total. The van der Waals surface area contributed by atoms with Gasteiger partial charge < -0.3 is 5.11 Å². The molecule has 6 heteroatoms. The van der Waals surface area contributed by atoms with Crippen molar-refractivity contribution in [3.05, 3.63) is 34.5 Å². The smallest absolute Gasteiger partial charge is 0.270 e. The summed E-state index contributed by atoms with van der Waals surface area (Å²) in [6.07, 6.45) is 1.25. The molecule has 16 heavy (non-hydrogen) atoms. The van der Waals surface area contributed by atoms with Gasteiger partial charge in [0.2, 0.25) is 5.91 Å². The number of hydrogen-bond donors (Lipinski definition) is 1. The summed E-state index contributed by atoms with van der Waals surface area (Å²) in [7, 11) is 0. The van der Waals surface area contributed by atoms with E-state index in [1.54, 1.807) is 0 Å². The summed E-state index contributed by atoms with van der Waals surface area (Å²) in [5.74, 6) is -0.409. The van der Waals surface area contributed by atoms with E-state index in [1.807, 2.05) is 0 Å². The molecule has 0 fully saturated rings. The third-order valence-corrected chi connectivity index (χ3v) is 2.32. The summed E-state index contributed by atoms with van der Waals surface area (Å²) in [4.78, 5) is 21.2. The van der Waals surface area contributed by atoms with Crippen LogP contribution in [0.3, 0.4) is 0 Å². The summed E-state index contributed by atoms with van der Waals surface area (Å²) in [5.41, 5.74) is 0.333. The molecule has 0 aliphatic rings. The zero-order valence-electron chi connectivity index (χ0n) is 8.38. The normalized spacial score (nSPS) is 10.6. The monoisotopic (exact) mass is 220 g/mol. The molecule has 0 radical (unpaired) electrons. The van der Waals surface area contributed by atoms with Crippen molar-refractivity contribution in [3.63, 3.8) is 0 Å². The maximum Gasteiger partial charge on any atom is 0.270 e. The van der Waals surface area contributed by atoms with Gasteiger partial charge >= 0.3 is 0 Å². The molecule has 1 N–H and O–H groups in total. The van der Waals surface area contributed by atoms with E-state index in [-0.39, 0.29) is 17.3 Å². The lowest BCUT2D eigenvalue weighted by molar-refractivity contribution is -0.384. The Morgan fingerprint density at radius 3 is 2.75 bits per heavy atom. The lowest BCUT2D eigenvalue weighted by atomic mass is 10.2. The third-order valence-electron chi connectivity index (χ3n) is 2.32. The van der Waals surface area contributed by atoms with Gasteiger partial charge in [0.15, 0.2) is 0 Å². The van der Waals surface area contributed by atoms with Gasteiger partial charge in [-0.2, -0.15) is 0 Å². The van der Waals surface area contributed by atoms with Crippen LogP contribution in [0.1, 0.15) is 11.7 Å². The molecule has 0 saturated carbocycles. The van der Waals surface area contributed by atoms with Crippen LogP contribution in [0.15, 0.2) is 24.4 Å². The molecule has 0 bridgehead atoms. The van der Waals surface area contributed by atoms with Crippen LogP contribution in [0.2, 0.25) is 0 Å². The zero-order valence-corrected chi connectivity index (χ0v) is 8.38. The first kappa shape index (κ1) is 10.2. The molecule has 0 aliphatic carbocycles. The molecule has 2 rings (SSSR count). The topological polar surface area (TPSA) is 85.4 Å². The van der Waals surface area contributed by atoms with Crippen molar-refractivity contribution in [1.29, 1.82) is 0 Å². The van der Waals surface area contributed by atoms with Gasteiger partial charge in [0, 0.05) is 24.4 Å². The van der Waals surface area contributed by atoms with E-state index < -0.39 is 4.92 Å². The fourth-order valence-corrected chi connectivity index (χ4v) is 1.57. The average Bonchev–Trinajstić information content (AvgIpc) is 2.56. The summed E-state index contributed by atoms with van der Waals surface area (Å²) in [6.45, 7) is 1.35. The minimum atomic E-state index is -0.552. The van der Waals surface area contributed by atoms with Gasteiger partial charge in [-0.1, -0.05) is 0 Å². The van der Waals surface area contributed by atoms with Crippen LogP contribution < -0.4 is 0 Å². The third kappa shape index (κ3) is 1.40. The quantitative estimate of drug-likeness (QED) is 0.587. The highest BCUT2D eigenvalue weighted by molar-refractivity contribution is 5.96. The van der Waals surface area contributed by atoms with Gasteiger partial charge in [-0.3, -0.25) is 19.5 Å². The van der Waals surface area contributed by atoms with Gasteiger partial charge in [0.05, 0.1) is 16.6 Å². The Labute approximate surface area is 89.9 Å². The lowest BCUT2D eigenvalue weighted by Gasteiger charge is -1.97. The highest BCUT2D eigenvalue weighted by Crippen LogP contribution is 2.30. The van der Waals surface area contributed by atoms with Gasteiger partial charge in [-0.15, -0.1) is 0 Å². The number of aromatic nitrogens is 1. The molecule has 1 aromatic carbocycles. The Morgan fingerprint density at radius 2 is 2.19 bits per heavy atom. The predicted octanol–water partition coefficient (Wildman–Crippen LogP) is 1.92. The average molecular weight is 220 g/mol. The number of aromatic hydroxyl groups is 1. The molecule has 0 atom stereocenters. The van der Waals surface area contributed by atoms with Crippen LogP contribution in [0.4, 0.5) is 5.69 Å². The summed E-state index contributed by atoms with van der Waals surface area (Å²) < 4.78 is 1.24. The van der Waals surface area contributed by atoms with E-state index in [2.05, 4.69) is 0 Å². The fraction of sp³-hybridized carbons (Fsp3) is 0.100. The van der Waals surface area contributed by atoms with Crippen LogP contribution in [0.5, 0.6) is 5.75 Å². The standard InChI is InChI=1S/C10H8N2O4/c1-6(13)11-5-10(14)8-4-7(12(15)16)2-3-9(8)11/h2-5,14H,1H3. The van der Waals surface area contributed by atoms with E-state index in [0.29, 0.717) is 10.9 Å². The molecular formula is C10H8N2O4. The number of carbonyl (C=O) groups excluding carboxylic acids is 1. The fourth-order valence-electron chi connectivity index (χ4n) is 1.57. The van der Waals surface area contributed by atoms with Gasteiger partial charge in [-0.05, 0) is 6.07 Å². The van der Waals surface area contributed by atoms with Crippen LogP contribution in [-0.4, -0.2) is 20.5 Å². The number of nitrogens with zero attached hydrogens (tertiary/aromatic N) is 2. The molecule has 0 amide bonds. The van der Waals surface area contributed by atoms with Crippen molar-refractivity contribution in [2.75, 3.05) is 0 Å². The van der Waals surface area contributed by atoms with Gasteiger partial charge in [-0.25, -0.2) is 0 Å². The number of carbonyl (C=O) groups is 1. The highest BCUT2D eigenvalue weighted by atomic mass is 16.6. The summed E-state index contributed by atoms with van der Waals surface area (Å²) >= 11 is 0. The number of hydrogen-bond acceptors (Lipinski definition) is 4. The molecule has 0 saturated heterocycles. The van der Waals surface area contributed by atoms with Crippen molar-refractivity contribution in [1.82, 2.24) is 4.57 Å². The minimum Gasteiger partial charge on any atom is -0.506 e. The first-order chi connectivity index (χ1) is 7.50. The van der Waals surface area contributed by atoms with Crippen molar-refractivity contribution in [2.45, 2.75) is 6.92 Å². The number of rotatable bonds is 1. The molecule has 1 heterocycles. The summed E-state index contributed by atoms with van der Waals surface area (Å²) in [6, 6.07) is 3.97. The molecular weight excluding hydrogens is 212 g/mol. The Bertz CT molecular complexity index is 600. The Balaban J connectivity index is 2.76. The van der Waals surface area contributed by atoms with E-state index in [1.165, 1.54) is 35.9 Å². The first-order valence-corrected chi connectivity index (χ1v) is 4.50. The van der Waals surface area contributed by atoms with Crippen LogP contribution >= 0.6 is 0 Å². The zero-order chi connectivity index (χ0) is 11.9. The second-order valence-electron chi connectivity index (χ2n) is 3.36. The largest absolute Gasteiger partial charge is 0.506 e. The highest BCUT2D eigenvalue weighted by Gasteiger charge is 2.14. The number of non-ortho nitro benzene ring substituents is 1. The van der Waals surface area contributed by atoms with Crippen molar-refractivity contribution in [3.8, 4) is 5.75 Å². The van der Waals surface area contributed by atoms with Crippen LogP contribution in [0, 0.1) is 10.1 Å². The van der Waals surface area contributed by atoms with E-state index in [4.69, 9.17) is 0 Å². The summed E-state index contributed by atoms with van der Waals surface area (Å²) in [5, 5.41) is 20.4. The van der Waals surface area contributed by atoms with E-state index in [9.17, 15) is 20.0 Å². The van der Waals surface area contributed by atoms with Crippen LogP contribution in [-0.2, 0) is 0 Å². The Hall–Kier alpha value is -2.37. The van der Waals surface area contributed by atoms with Gasteiger partial charge in [0.1, 0.15) is 5.75 Å². The minimum absolute atomic E-state index is 0.121. The maximum absolute atomic E-state index is 11.2. The van der Waals surface area contributed by atoms with Crippen molar-refractivity contribution in [2.24, 2.45) is 0 Å². The van der Waals surface area contributed by atoms with Gasteiger partial charge in [0.25, 0.3) is 5.69 Å². The Morgan fingerprint density at radius 1 is 1.50 bits per heavy atom. The molecule has 2 aromatic rings. The second kappa shape index (κ2) is 3.34. The van der Waals surface area contributed by atoms with Crippen molar-refractivity contribution < 1.29 is 14.8 Å². The first-order valence-electron chi connectivity index (χ1n) is 4.50. The lowest BCUT2D eigenvalue weighted by Crippen LogP contribution is -2.02. The van der Waals surface area contributed by atoms with Crippen molar-refractivity contribution >= 4 is 22.5 Å². The number of nitro groups is 1. The number of fused-ring (bicyclic) bond motifs is 1. The maximum atomic E-state index is 11.2. The second-order valence-corrected chi connectivity index (χ2v) is 3.36. The molecule has 0 aliphatic heterocycles. The Kier molecular flexibility index (Phi) is 2.12. The molecule has 82 valence electrons.